The molecule has 0 rings (SSSR count). The van der Waals surface area contributed by atoms with Crippen molar-refractivity contribution < 1.29 is 0 Å². The van der Waals surface area contributed by atoms with E-state index in [1.807, 2.05) is 6.08 Å². The normalized spacial score (nSPS) is 12.1. The van der Waals surface area contributed by atoms with Gasteiger partial charge in [-0.2, -0.15) is 0 Å². The molecular weight excluding hydrogens is 146 g/mol. The van der Waals surface area contributed by atoms with E-state index in [9.17, 15) is 0 Å². The third-order valence-corrected chi connectivity index (χ3v) is 1.23. The number of nitrogens with one attached hydrogen (secondary N) is 1. The van der Waals surface area contributed by atoms with Gasteiger partial charge >= 0.3 is 0 Å². The van der Waals surface area contributed by atoms with Crippen LogP contribution in [0.5, 0.6) is 0 Å². The van der Waals surface area contributed by atoms with Gasteiger partial charge in [-0.25, -0.2) is 0 Å². The van der Waals surface area contributed by atoms with Gasteiger partial charge in [-0.1, -0.05) is 18.9 Å². The summed E-state index contributed by atoms with van der Waals surface area (Å²) in [4.78, 5) is 0. The van der Waals surface area contributed by atoms with E-state index < -0.39 is 0 Å². The molecular formula is C11H17N. The summed E-state index contributed by atoms with van der Waals surface area (Å²) in [5, 5.41) is 3.25. The molecule has 0 heterocycles. The summed E-state index contributed by atoms with van der Waals surface area (Å²) in [6.07, 6.45) is 12.0. The SMILES string of the molecule is C#C/C=C(\C=C/CC)NC(C)C. The summed E-state index contributed by atoms with van der Waals surface area (Å²) in [5.74, 6) is 2.51. The molecule has 0 saturated carbocycles. The molecule has 66 valence electrons. The van der Waals surface area contributed by atoms with Crippen molar-refractivity contribution in [3.8, 4) is 12.3 Å². The van der Waals surface area contributed by atoms with E-state index in [1.54, 1.807) is 6.08 Å². The summed E-state index contributed by atoms with van der Waals surface area (Å²) < 4.78 is 0. The molecule has 0 spiro atoms. The third-order valence-electron chi connectivity index (χ3n) is 1.23. The van der Waals surface area contributed by atoms with Gasteiger partial charge < -0.3 is 5.32 Å². The molecule has 0 aromatic rings. The predicted molar refractivity (Wildman–Crippen MR) is 54.6 cm³/mol. The average Bonchev–Trinajstić information content (AvgIpc) is 2.00. The number of hydrogen-bond acceptors (Lipinski definition) is 1. The molecule has 0 aromatic heterocycles. The van der Waals surface area contributed by atoms with E-state index in [4.69, 9.17) is 6.42 Å². The van der Waals surface area contributed by atoms with E-state index >= 15 is 0 Å². The number of rotatable bonds is 4. The first-order valence-electron chi connectivity index (χ1n) is 4.30. The monoisotopic (exact) mass is 163 g/mol. The van der Waals surface area contributed by atoms with Gasteiger partial charge in [0, 0.05) is 17.8 Å². The zero-order chi connectivity index (χ0) is 9.40. The Hall–Kier alpha value is -1.16. The Labute approximate surface area is 75.6 Å². The van der Waals surface area contributed by atoms with Crippen LogP contribution in [0.1, 0.15) is 27.2 Å². The molecule has 0 saturated heterocycles. The first kappa shape index (κ1) is 10.8. The first-order valence-corrected chi connectivity index (χ1v) is 4.30. The van der Waals surface area contributed by atoms with Gasteiger partial charge in [0.1, 0.15) is 0 Å². The lowest BCUT2D eigenvalue weighted by Crippen LogP contribution is -2.20. The van der Waals surface area contributed by atoms with E-state index in [1.165, 1.54) is 0 Å². The van der Waals surface area contributed by atoms with Crippen LogP contribution in [-0.2, 0) is 0 Å². The highest BCUT2D eigenvalue weighted by Crippen LogP contribution is 1.95. The van der Waals surface area contributed by atoms with Crippen molar-refractivity contribution in [1.29, 1.82) is 0 Å². The van der Waals surface area contributed by atoms with E-state index in [0.717, 1.165) is 12.1 Å². The Morgan fingerprint density at radius 3 is 2.67 bits per heavy atom. The van der Waals surface area contributed by atoms with Crippen LogP contribution in [0, 0.1) is 12.3 Å². The Morgan fingerprint density at radius 2 is 2.25 bits per heavy atom. The van der Waals surface area contributed by atoms with Crippen LogP contribution in [0.3, 0.4) is 0 Å². The lowest BCUT2D eigenvalue weighted by molar-refractivity contribution is 0.681. The van der Waals surface area contributed by atoms with Gasteiger partial charge in [-0.3, -0.25) is 0 Å². The molecule has 1 N–H and O–H groups in total. The Balaban J connectivity index is 4.17. The largest absolute Gasteiger partial charge is 0.382 e. The number of allylic oxidation sites excluding steroid dienone is 3. The van der Waals surface area contributed by atoms with E-state index in [2.05, 4.69) is 38.1 Å². The van der Waals surface area contributed by atoms with Crippen molar-refractivity contribution >= 4 is 0 Å². The fourth-order valence-electron chi connectivity index (χ4n) is 0.806. The highest BCUT2D eigenvalue weighted by molar-refractivity contribution is 5.25. The molecule has 0 aliphatic heterocycles. The van der Waals surface area contributed by atoms with Crippen LogP contribution in [0.15, 0.2) is 23.9 Å². The van der Waals surface area contributed by atoms with Crippen molar-refractivity contribution in [2.24, 2.45) is 0 Å². The summed E-state index contributed by atoms with van der Waals surface area (Å²) in [6.45, 7) is 6.27. The zero-order valence-corrected chi connectivity index (χ0v) is 8.09. The van der Waals surface area contributed by atoms with E-state index in [0.29, 0.717) is 6.04 Å². The summed E-state index contributed by atoms with van der Waals surface area (Å²) in [5.41, 5.74) is 1.01. The van der Waals surface area contributed by atoms with Gasteiger partial charge in [0.2, 0.25) is 0 Å². The molecule has 0 aliphatic rings. The maximum atomic E-state index is 5.18. The van der Waals surface area contributed by atoms with Crippen LogP contribution < -0.4 is 5.32 Å². The highest BCUT2D eigenvalue weighted by atomic mass is 14.9. The van der Waals surface area contributed by atoms with Crippen molar-refractivity contribution in [3.05, 3.63) is 23.9 Å². The van der Waals surface area contributed by atoms with Crippen LogP contribution >= 0.6 is 0 Å². The minimum absolute atomic E-state index is 0.422. The second-order valence-electron chi connectivity index (χ2n) is 2.88. The quantitative estimate of drug-likeness (QED) is 0.496. The van der Waals surface area contributed by atoms with Gasteiger partial charge in [0.05, 0.1) is 0 Å². The third kappa shape index (κ3) is 5.61. The minimum Gasteiger partial charge on any atom is -0.382 e. The fraction of sp³-hybridized carbons (Fsp3) is 0.455. The van der Waals surface area contributed by atoms with E-state index in [-0.39, 0.29) is 0 Å². The summed E-state index contributed by atoms with van der Waals surface area (Å²) >= 11 is 0. The standard InChI is InChI=1S/C11H17N/c1-5-7-9-11(8-6-2)12-10(3)4/h2,7-10,12H,5H2,1,3-4H3/b9-7-,11-8+. The Morgan fingerprint density at radius 1 is 1.58 bits per heavy atom. The highest BCUT2D eigenvalue weighted by Gasteiger charge is 1.92. The fourth-order valence-corrected chi connectivity index (χ4v) is 0.806. The predicted octanol–water partition coefficient (Wildman–Crippen LogP) is 2.47. The topological polar surface area (TPSA) is 12.0 Å². The molecule has 0 aliphatic carbocycles. The summed E-state index contributed by atoms with van der Waals surface area (Å²) in [6, 6.07) is 0.422. The van der Waals surface area contributed by atoms with Crippen molar-refractivity contribution in [3.63, 3.8) is 0 Å². The molecule has 0 radical (unpaired) electrons. The smallest absolute Gasteiger partial charge is 0.0423 e. The number of terminal acetylenes is 1. The molecule has 0 fully saturated rings. The molecule has 0 bridgehead atoms. The first-order chi connectivity index (χ1) is 5.70. The van der Waals surface area contributed by atoms with Gasteiger partial charge in [0.15, 0.2) is 0 Å². The molecule has 1 heteroatoms. The summed E-state index contributed by atoms with van der Waals surface area (Å²) in [7, 11) is 0. The molecule has 0 aromatic carbocycles. The van der Waals surface area contributed by atoms with Gasteiger partial charge in [-0.05, 0) is 26.3 Å². The van der Waals surface area contributed by atoms with Gasteiger partial charge in [-0.15, -0.1) is 6.42 Å². The minimum atomic E-state index is 0.422. The van der Waals surface area contributed by atoms with Crippen molar-refractivity contribution in [2.45, 2.75) is 33.2 Å². The molecule has 0 atom stereocenters. The van der Waals surface area contributed by atoms with Crippen molar-refractivity contribution in [2.75, 3.05) is 0 Å². The van der Waals surface area contributed by atoms with Crippen molar-refractivity contribution in [1.82, 2.24) is 5.32 Å². The number of hydrogen-bond donors (Lipinski definition) is 1. The van der Waals surface area contributed by atoms with Crippen LogP contribution in [-0.4, -0.2) is 6.04 Å². The molecule has 0 amide bonds. The second-order valence-corrected chi connectivity index (χ2v) is 2.88. The Bertz CT molecular complexity index is 204. The second kappa shape index (κ2) is 6.54. The maximum absolute atomic E-state index is 5.18. The van der Waals surface area contributed by atoms with Crippen LogP contribution in [0.4, 0.5) is 0 Å². The maximum Gasteiger partial charge on any atom is 0.0423 e. The van der Waals surface area contributed by atoms with Crippen LogP contribution in [0.25, 0.3) is 0 Å². The lowest BCUT2D eigenvalue weighted by atomic mass is 10.3. The van der Waals surface area contributed by atoms with Gasteiger partial charge in [0.25, 0.3) is 0 Å². The molecule has 12 heavy (non-hydrogen) atoms. The Kier molecular flexibility index (Phi) is 5.91. The molecule has 1 nitrogen and oxygen atoms in total. The average molecular weight is 163 g/mol. The molecule has 0 unspecified atom stereocenters. The lowest BCUT2D eigenvalue weighted by Gasteiger charge is -2.09. The zero-order valence-electron chi connectivity index (χ0n) is 8.09. The van der Waals surface area contributed by atoms with Crippen LogP contribution in [0.2, 0.25) is 0 Å².